The van der Waals surface area contributed by atoms with E-state index in [1.54, 1.807) is 19.4 Å². The second-order valence-electron chi connectivity index (χ2n) is 1.23. The lowest BCUT2D eigenvalue weighted by atomic mass is 10.7. The number of halogens is 1. The van der Waals surface area contributed by atoms with Gasteiger partial charge >= 0.3 is 0 Å². The van der Waals surface area contributed by atoms with Crippen LogP contribution in [0.25, 0.3) is 0 Å². The Hall–Kier alpha value is -0.510. The highest BCUT2D eigenvalue weighted by Gasteiger charge is 1.93. The Morgan fingerprint density at radius 3 is 2.88 bits per heavy atom. The fourth-order valence-corrected chi connectivity index (χ4v) is 0.786. The quantitative estimate of drug-likeness (QED) is 0.640. The Morgan fingerprint density at radius 2 is 2.62 bits per heavy atom. The van der Waals surface area contributed by atoms with Crippen LogP contribution in [0.15, 0.2) is 12.3 Å². The van der Waals surface area contributed by atoms with Gasteiger partial charge in [0, 0.05) is 6.07 Å². The van der Waals surface area contributed by atoms with Crippen molar-refractivity contribution in [1.82, 2.24) is 8.81 Å². The average Bonchev–Trinajstić information content (AvgIpc) is 2.14. The van der Waals surface area contributed by atoms with Gasteiger partial charge in [0.15, 0.2) is 0 Å². The summed E-state index contributed by atoms with van der Waals surface area (Å²) in [5, 5.41) is 3.80. The van der Waals surface area contributed by atoms with E-state index in [0.717, 1.165) is 0 Å². The molecule has 4 heteroatoms. The van der Waals surface area contributed by atoms with Crippen LogP contribution >= 0.6 is 16.1 Å². The van der Waals surface area contributed by atoms with Crippen molar-refractivity contribution in [3.05, 3.63) is 12.3 Å². The minimum absolute atomic E-state index is 0.699. The molecule has 0 saturated carbocycles. The predicted octanol–water partition coefficient (Wildman–Crippen LogP) is 1.05. The molecule has 0 aliphatic rings. The van der Waals surface area contributed by atoms with Gasteiger partial charge in [-0.2, -0.15) is 8.81 Å². The lowest BCUT2D eigenvalue weighted by Gasteiger charge is -1.93. The van der Waals surface area contributed by atoms with Crippen molar-refractivity contribution in [2.24, 2.45) is 0 Å². The zero-order chi connectivity index (χ0) is 5.98. The molecule has 1 heterocycles. The van der Waals surface area contributed by atoms with Crippen molar-refractivity contribution >= 4 is 16.1 Å². The Bertz CT molecular complexity index is 174. The van der Waals surface area contributed by atoms with Gasteiger partial charge in [0.05, 0.1) is 29.5 Å². The summed E-state index contributed by atoms with van der Waals surface area (Å²) in [5.74, 6) is 0.699. The average molecular weight is 177 g/mol. The first kappa shape index (κ1) is 5.62. The minimum Gasteiger partial charge on any atom is -0.481 e. The van der Waals surface area contributed by atoms with Crippen LogP contribution in [-0.4, -0.2) is 15.9 Å². The zero-order valence-electron chi connectivity index (χ0n) is 4.34. The first-order valence-electron chi connectivity index (χ1n) is 2.09. The third kappa shape index (κ3) is 0.838. The summed E-state index contributed by atoms with van der Waals surface area (Å²) < 4.78 is 6.32. The topological polar surface area (TPSA) is 27.1 Å². The molecule has 0 aliphatic carbocycles. The molecule has 0 unspecified atom stereocenters. The van der Waals surface area contributed by atoms with Crippen LogP contribution in [0.3, 0.4) is 0 Å². The summed E-state index contributed by atoms with van der Waals surface area (Å²) >= 11 is 3.11. The van der Waals surface area contributed by atoms with E-state index >= 15 is 0 Å². The molecule has 0 radical (unpaired) electrons. The second-order valence-corrected chi connectivity index (χ2v) is 1.91. The third-order valence-corrected chi connectivity index (χ3v) is 1.31. The zero-order valence-corrected chi connectivity index (χ0v) is 5.92. The van der Waals surface area contributed by atoms with Crippen molar-refractivity contribution in [1.29, 1.82) is 0 Å². The van der Waals surface area contributed by atoms with Gasteiger partial charge in [-0.15, -0.1) is 0 Å². The third-order valence-electron chi connectivity index (χ3n) is 0.776. The van der Waals surface area contributed by atoms with E-state index in [-0.39, 0.29) is 0 Å². The molecule has 0 spiro atoms. The van der Waals surface area contributed by atoms with Crippen molar-refractivity contribution in [3.8, 4) is 5.88 Å². The fraction of sp³-hybridized carbons (Fsp3) is 0.250. The van der Waals surface area contributed by atoms with Crippen molar-refractivity contribution in [3.63, 3.8) is 0 Å². The molecular weight excluding hydrogens is 172 g/mol. The Morgan fingerprint density at radius 1 is 1.88 bits per heavy atom. The summed E-state index contributed by atoms with van der Waals surface area (Å²) in [6, 6.07) is 1.76. The predicted molar refractivity (Wildman–Crippen MR) is 33.1 cm³/mol. The summed E-state index contributed by atoms with van der Waals surface area (Å²) in [4.78, 5) is 0. The van der Waals surface area contributed by atoms with E-state index in [2.05, 4.69) is 21.2 Å². The van der Waals surface area contributed by atoms with Crippen LogP contribution in [-0.2, 0) is 0 Å². The van der Waals surface area contributed by atoms with Crippen molar-refractivity contribution in [2.45, 2.75) is 0 Å². The van der Waals surface area contributed by atoms with Crippen LogP contribution in [0.1, 0.15) is 0 Å². The van der Waals surface area contributed by atoms with Gasteiger partial charge in [-0.3, -0.25) is 0 Å². The standard InChI is InChI=1S/C4H5BrN2O/c1-8-4-2-3-6-7(4)5/h2-3H,1H3. The molecule has 0 atom stereocenters. The molecule has 8 heavy (non-hydrogen) atoms. The van der Waals surface area contributed by atoms with Gasteiger partial charge in [-0.25, -0.2) is 0 Å². The largest absolute Gasteiger partial charge is 0.481 e. The van der Waals surface area contributed by atoms with Gasteiger partial charge in [0.1, 0.15) is 0 Å². The molecule has 0 saturated heterocycles. The molecule has 0 amide bonds. The molecule has 0 aliphatic heterocycles. The summed E-state index contributed by atoms with van der Waals surface area (Å²) in [5.41, 5.74) is 0. The monoisotopic (exact) mass is 176 g/mol. The summed E-state index contributed by atoms with van der Waals surface area (Å²) in [7, 11) is 1.59. The minimum atomic E-state index is 0.699. The number of nitrogens with zero attached hydrogens (tertiary/aromatic N) is 2. The van der Waals surface area contributed by atoms with E-state index in [1.165, 1.54) is 3.71 Å². The van der Waals surface area contributed by atoms with Gasteiger partial charge in [-0.05, 0) is 0 Å². The summed E-state index contributed by atoms with van der Waals surface area (Å²) in [6.45, 7) is 0. The molecule has 1 rings (SSSR count). The molecule has 0 N–H and O–H groups in total. The van der Waals surface area contributed by atoms with Gasteiger partial charge in [0.2, 0.25) is 5.88 Å². The van der Waals surface area contributed by atoms with E-state index in [4.69, 9.17) is 4.74 Å². The van der Waals surface area contributed by atoms with Crippen LogP contribution in [0, 0.1) is 0 Å². The van der Waals surface area contributed by atoms with Gasteiger partial charge < -0.3 is 4.74 Å². The Labute approximate surface area is 55.6 Å². The first-order chi connectivity index (χ1) is 3.84. The van der Waals surface area contributed by atoms with Crippen molar-refractivity contribution < 1.29 is 4.74 Å². The highest BCUT2D eigenvalue weighted by molar-refractivity contribution is 9.08. The van der Waals surface area contributed by atoms with Crippen LogP contribution < -0.4 is 4.74 Å². The molecule has 1 aromatic heterocycles. The first-order valence-corrected chi connectivity index (χ1v) is 2.79. The number of aromatic nitrogens is 2. The molecular formula is C4H5BrN2O. The second kappa shape index (κ2) is 2.17. The maximum atomic E-state index is 4.84. The maximum absolute atomic E-state index is 4.84. The smallest absolute Gasteiger partial charge is 0.222 e. The summed E-state index contributed by atoms with van der Waals surface area (Å²) in [6.07, 6.45) is 1.65. The van der Waals surface area contributed by atoms with Gasteiger partial charge in [-0.1, -0.05) is 0 Å². The Kier molecular flexibility index (Phi) is 1.53. The number of hydrogen-bond acceptors (Lipinski definition) is 2. The van der Waals surface area contributed by atoms with Crippen molar-refractivity contribution in [2.75, 3.05) is 7.11 Å². The number of methoxy groups -OCH3 is 1. The Balaban J connectivity index is 2.92. The molecule has 44 valence electrons. The SMILES string of the molecule is COc1ccnn1Br. The van der Waals surface area contributed by atoms with Gasteiger partial charge in [0.25, 0.3) is 0 Å². The number of rotatable bonds is 1. The fourth-order valence-electron chi connectivity index (χ4n) is 0.417. The maximum Gasteiger partial charge on any atom is 0.222 e. The molecule has 0 fully saturated rings. The van der Waals surface area contributed by atoms with Crippen LogP contribution in [0.5, 0.6) is 5.88 Å². The molecule has 0 aromatic carbocycles. The number of ether oxygens (including phenoxy) is 1. The lowest BCUT2D eigenvalue weighted by molar-refractivity contribution is 0.393. The molecule has 1 aromatic rings. The van der Waals surface area contributed by atoms with E-state index in [1.807, 2.05) is 0 Å². The van der Waals surface area contributed by atoms with Crippen LogP contribution in [0.2, 0.25) is 0 Å². The van der Waals surface area contributed by atoms with Crippen LogP contribution in [0.4, 0.5) is 0 Å². The van der Waals surface area contributed by atoms with E-state index in [9.17, 15) is 0 Å². The lowest BCUT2D eigenvalue weighted by Crippen LogP contribution is -1.87. The molecule has 0 bridgehead atoms. The van der Waals surface area contributed by atoms with E-state index in [0.29, 0.717) is 5.88 Å². The van der Waals surface area contributed by atoms with E-state index < -0.39 is 0 Å². The normalized spacial score (nSPS) is 9.25. The highest BCUT2D eigenvalue weighted by Crippen LogP contribution is 2.09. The molecule has 3 nitrogen and oxygen atoms in total. The number of hydrogen-bond donors (Lipinski definition) is 0. The highest BCUT2D eigenvalue weighted by atomic mass is 79.9.